The van der Waals surface area contributed by atoms with Gasteiger partial charge in [-0.3, -0.25) is 9.79 Å². The molecule has 0 spiro atoms. The number of fused-ring (bicyclic) bond motifs is 3. The van der Waals surface area contributed by atoms with Crippen molar-refractivity contribution in [2.45, 2.75) is 53.7 Å². The van der Waals surface area contributed by atoms with Gasteiger partial charge in [-0.15, -0.1) is 0 Å². The molecule has 0 radical (unpaired) electrons. The summed E-state index contributed by atoms with van der Waals surface area (Å²) in [6.45, 7) is 11.0. The fourth-order valence-electron chi connectivity index (χ4n) is 3.01. The average molecular weight is 431 g/mol. The van der Waals surface area contributed by atoms with Gasteiger partial charge in [-0.05, 0) is 52.3 Å². The van der Waals surface area contributed by atoms with Crippen molar-refractivity contribution in [3.63, 3.8) is 0 Å². The number of aromatic nitrogens is 3. The molecule has 3 heterocycles. The van der Waals surface area contributed by atoms with Crippen molar-refractivity contribution >= 4 is 22.7 Å². The quantitative estimate of drug-likeness (QED) is 0.508. The Morgan fingerprint density at radius 1 is 1.13 bits per heavy atom. The Balaban J connectivity index is 0.000000275. The Morgan fingerprint density at radius 2 is 1.87 bits per heavy atom. The van der Waals surface area contributed by atoms with Crippen molar-refractivity contribution in [3.05, 3.63) is 41.0 Å². The topological polar surface area (TPSA) is 104 Å². The monoisotopic (exact) mass is 430 g/mol. The molecule has 0 saturated carbocycles. The summed E-state index contributed by atoms with van der Waals surface area (Å²) in [4.78, 5) is 18.8. The van der Waals surface area contributed by atoms with Gasteiger partial charge >= 0.3 is 5.97 Å². The molecule has 0 amide bonds. The summed E-state index contributed by atoms with van der Waals surface area (Å²) in [6, 6.07) is 5.77. The summed E-state index contributed by atoms with van der Waals surface area (Å²) in [5, 5.41) is 8.26. The molecule has 0 aliphatic carbocycles. The van der Waals surface area contributed by atoms with Gasteiger partial charge < -0.3 is 13.8 Å². The summed E-state index contributed by atoms with van der Waals surface area (Å²) in [6.07, 6.45) is 0. The maximum Gasteiger partial charge on any atom is 0.303 e. The Hall–Kier alpha value is -3.00. The van der Waals surface area contributed by atoms with Gasteiger partial charge in [0.05, 0.1) is 11.3 Å². The fraction of sp³-hybridized carbons (Fsp3) is 0.381. The number of aliphatic imine (C=N–C) groups is 1. The zero-order valence-corrected chi connectivity index (χ0v) is 18.5. The first-order chi connectivity index (χ1) is 14.0. The number of rotatable bonds is 1. The van der Waals surface area contributed by atoms with E-state index in [1.807, 2.05) is 45.9 Å². The Bertz CT molecular complexity index is 1110. The van der Waals surface area contributed by atoms with Crippen LogP contribution in [-0.4, -0.2) is 32.0 Å². The smallest absolute Gasteiger partial charge is 0.303 e. The van der Waals surface area contributed by atoms with Gasteiger partial charge in [-0.2, -0.15) is 4.98 Å². The number of benzene rings is 1. The Kier molecular flexibility index (Phi) is 6.07. The molecule has 158 valence electrons. The lowest BCUT2D eigenvalue weighted by Gasteiger charge is -2.17. The predicted octanol–water partition coefficient (Wildman–Crippen LogP) is 4.86. The van der Waals surface area contributed by atoms with Crippen molar-refractivity contribution in [2.24, 2.45) is 4.99 Å². The Labute approximate surface area is 179 Å². The number of halogens is 1. The predicted molar refractivity (Wildman–Crippen MR) is 112 cm³/mol. The van der Waals surface area contributed by atoms with E-state index in [9.17, 15) is 4.79 Å². The highest BCUT2D eigenvalue weighted by Gasteiger charge is 2.23. The highest BCUT2D eigenvalue weighted by molar-refractivity contribution is 6.70. The molecule has 3 aromatic rings. The van der Waals surface area contributed by atoms with Gasteiger partial charge in [0.2, 0.25) is 0 Å². The lowest BCUT2D eigenvalue weighted by molar-refractivity contribution is -0.151. The molecule has 1 aliphatic rings. The summed E-state index contributed by atoms with van der Waals surface area (Å²) < 4.78 is 15.3. The molecule has 0 unspecified atom stereocenters. The number of carbonyl (C=O) groups excluding carboxylic acids is 1. The highest BCUT2D eigenvalue weighted by Crippen LogP contribution is 2.36. The molecule has 8 nitrogen and oxygen atoms in total. The van der Waals surface area contributed by atoms with Crippen LogP contribution in [-0.2, 0) is 16.1 Å². The van der Waals surface area contributed by atoms with Crippen LogP contribution < -0.4 is 0 Å². The van der Waals surface area contributed by atoms with E-state index in [2.05, 4.69) is 20.3 Å². The van der Waals surface area contributed by atoms with Crippen LogP contribution in [0.5, 0.6) is 0 Å². The molecule has 0 bridgehead atoms. The van der Waals surface area contributed by atoms with E-state index in [-0.39, 0.29) is 11.6 Å². The van der Waals surface area contributed by atoms with Crippen LogP contribution in [0.25, 0.3) is 22.6 Å². The van der Waals surface area contributed by atoms with Crippen molar-refractivity contribution in [3.8, 4) is 22.6 Å². The Morgan fingerprint density at radius 3 is 2.43 bits per heavy atom. The van der Waals surface area contributed by atoms with Crippen LogP contribution in [0.1, 0.15) is 50.5 Å². The van der Waals surface area contributed by atoms with Gasteiger partial charge in [0.25, 0.3) is 5.89 Å². The van der Waals surface area contributed by atoms with E-state index >= 15 is 0 Å². The van der Waals surface area contributed by atoms with Crippen molar-refractivity contribution in [2.75, 3.05) is 0 Å². The molecule has 0 fully saturated rings. The maximum absolute atomic E-state index is 10.2. The molecule has 4 rings (SSSR count). The third-order valence-corrected chi connectivity index (χ3v) is 4.35. The standard InChI is InChI=1S/C15H11ClN4O2.C6H12O2/c1-7-13-10-4-3-9(15-18-8(2)20-22-15)5-11(10)14(16)17-6-12(13)21-19-7;1-5(7)8-6(2,3)4/h3-5H,6H2,1-2H3;1-4H3. The van der Waals surface area contributed by atoms with Gasteiger partial charge in [-0.25, -0.2) is 0 Å². The van der Waals surface area contributed by atoms with Crippen LogP contribution in [0, 0.1) is 13.8 Å². The molecule has 1 aliphatic heterocycles. The molecular formula is C21H23ClN4O4. The number of ether oxygens (including phenoxy) is 1. The third kappa shape index (κ3) is 4.94. The third-order valence-electron chi connectivity index (χ3n) is 4.03. The van der Waals surface area contributed by atoms with Gasteiger partial charge in [0.15, 0.2) is 11.6 Å². The molecule has 0 saturated heterocycles. The number of aryl methyl sites for hydroxylation is 2. The van der Waals surface area contributed by atoms with Crippen LogP contribution in [0.4, 0.5) is 0 Å². The van der Waals surface area contributed by atoms with E-state index in [0.29, 0.717) is 23.4 Å². The summed E-state index contributed by atoms with van der Waals surface area (Å²) >= 11 is 6.34. The second-order valence-electron chi connectivity index (χ2n) is 7.79. The molecule has 2 aromatic heterocycles. The van der Waals surface area contributed by atoms with Crippen LogP contribution in [0.2, 0.25) is 0 Å². The minimum Gasteiger partial charge on any atom is -0.460 e. The van der Waals surface area contributed by atoms with Gasteiger partial charge in [-0.1, -0.05) is 28.0 Å². The minimum absolute atomic E-state index is 0.225. The first-order valence-electron chi connectivity index (χ1n) is 9.35. The zero-order chi connectivity index (χ0) is 22.1. The summed E-state index contributed by atoms with van der Waals surface area (Å²) in [7, 11) is 0. The molecule has 9 heteroatoms. The number of esters is 1. The van der Waals surface area contributed by atoms with E-state index in [4.69, 9.17) is 25.4 Å². The van der Waals surface area contributed by atoms with E-state index < -0.39 is 0 Å². The number of hydrogen-bond donors (Lipinski definition) is 0. The first-order valence-corrected chi connectivity index (χ1v) is 9.73. The number of hydrogen-bond acceptors (Lipinski definition) is 8. The van der Waals surface area contributed by atoms with Crippen LogP contribution >= 0.6 is 11.6 Å². The average Bonchev–Trinajstić information content (AvgIpc) is 3.19. The van der Waals surface area contributed by atoms with Gasteiger partial charge in [0.1, 0.15) is 17.3 Å². The fourth-order valence-corrected chi connectivity index (χ4v) is 3.22. The molecule has 1 aromatic carbocycles. The largest absolute Gasteiger partial charge is 0.460 e. The van der Waals surface area contributed by atoms with Crippen LogP contribution in [0.3, 0.4) is 0 Å². The lowest BCUT2D eigenvalue weighted by atomic mass is 9.97. The van der Waals surface area contributed by atoms with Gasteiger partial charge in [0, 0.05) is 18.1 Å². The maximum atomic E-state index is 10.2. The normalized spacial score (nSPS) is 12.7. The summed E-state index contributed by atoms with van der Waals surface area (Å²) in [5.41, 5.74) is 3.98. The first kappa shape index (κ1) is 21.7. The number of nitrogens with zero attached hydrogens (tertiary/aromatic N) is 4. The second-order valence-corrected chi connectivity index (χ2v) is 8.14. The van der Waals surface area contributed by atoms with Crippen molar-refractivity contribution in [1.29, 1.82) is 0 Å². The SMILES string of the molecule is CC(=O)OC(C)(C)C.Cc1noc(-c2ccc3c(c2)C(Cl)=NCc2onc(C)c2-3)n1. The molecular weight excluding hydrogens is 408 g/mol. The minimum atomic E-state index is -0.328. The molecule has 0 N–H and O–H groups in total. The molecule has 30 heavy (non-hydrogen) atoms. The van der Waals surface area contributed by atoms with Crippen molar-refractivity contribution < 1.29 is 18.6 Å². The zero-order valence-electron chi connectivity index (χ0n) is 17.7. The number of carbonyl (C=O) groups is 1. The second kappa shape index (κ2) is 8.39. The lowest BCUT2D eigenvalue weighted by Crippen LogP contribution is -2.21. The highest BCUT2D eigenvalue weighted by atomic mass is 35.5. The molecule has 0 atom stereocenters. The van der Waals surface area contributed by atoms with E-state index in [1.165, 1.54) is 6.92 Å². The van der Waals surface area contributed by atoms with Crippen molar-refractivity contribution in [1.82, 2.24) is 15.3 Å². The van der Waals surface area contributed by atoms with E-state index in [1.54, 1.807) is 6.92 Å². The van der Waals surface area contributed by atoms with E-state index in [0.717, 1.165) is 33.7 Å². The summed E-state index contributed by atoms with van der Waals surface area (Å²) in [5.74, 6) is 1.53. The van der Waals surface area contributed by atoms with Crippen LogP contribution in [0.15, 0.2) is 32.2 Å².